The Labute approximate surface area is 112 Å². The molecule has 2 heterocycles. The first-order valence-electron chi connectivity index (χ1n) is 6.36. The molecule has 0 spiro atoms. The van der Waals surface area contributed by atoms with E-state index in [9.17, 15) is 9.90 Å². The molecule has 1 fully saturated rings. The molecule has 1 saturated heterocycles. The third-order valence-electron chi connectivity index (χ3n) is 3.40. The number of hydrogen-bond donors (Lipinski definition) is 1. The number of nitrogens with zero attached hydrogens (tertiary/aromatic N) is 3. The number of aryl methyl sites for hydroxylation is 1. The van der Waals surface area contributed by atoms with E-state index in [1.54, 1.807) is 12.1 Å². The second-order valence-electron chi connectivity index (χ2n) is 5.25. The lowest BCUT2D eigenvalue weighted by molar-refractivity contribution is -0.142. The van der Waals surface area contributed by atoms with Gasteiger partial charge >= 0.3 is 5.97 Å². The molecule has 1 aliphatic rings. The van der Waals surface area contributed by atoms with Crippen LogP contribution in [0.25, 0.3) is 0 Å². The van der Waals surface area contributed by atoms with Crippen molar-refractivity contribution in [2.75, 3.05) is 18.0 Å². The highest BCUT2D eigenvalue weighted by molar-refractivity contribution is 5.71. The summed E-state index contributed by atoms with van der Waals surface area (Å²) in [6.45, 7) is 5.13. The summed E-state index contributed by atoms with van der Waals surface area (Å²) in [5.74, 6) is -0.113. The molecule has 0 bridgehead atoms. The van der Waals surface area contributed by atoms with Gasteiger partial charge in [0.05, 0.1) is 17.6 Å². The minimum Gasteiger partial charge on any atom is -0.481 e. The van der Waals surface area contributed by atoms with Crippen molar-refractivity contribution >= 4 is 11.8 Å². The molecule has 1 aromatic heterocycles. The molecule has 2 rings (SSSR count). The van der Waals surface area contributed by atoms with Gasteiger partial charge in [-0.25, -0.2) is 4.98 Å². The fourth-order valence-electron chi connectivity index (χ4n) is 2.60. The molecule has 100 valence electrons. The van der Waals surface area contributed by atoms with Gasteiger partial charge in [0, 0.05) is 18.8 Å². The molecule has 0 radical (unpaired) electrons. The lowest BCUT2D eigenvalue weighted by atomic mass is 9.90. The first-order chi connectivity index (χ1) is 8.99. The van der Waals surface area contributed by atoms with Crippen molar-refractivity contribution in [1.82, 2.24) is 4.98 Å². The number of pyridine rings is 1. The van der Waals surface area contributed by atoms with Crippen LogP contribution in [-0.2, 0) is 4.79 Å². The second kappa shape index (κ2) is 5.27. The summed E-state index contributed by atoms with van der Waals surface area (Å²) in [5, 5.41) is 18.2. The van der Waals surface area contributed by atoms with Gasteiger partial charge in [-0.05, 0) is 31.4 Å². The summed E-state index contributed by atoms with van der Waals surface area (Å²) < 4.78 is 0. The number of aromatic nitrogens is 1. The van der Waals surface area contributed by atoms with E-state index >= 15 is 0 Å². The van der Waals surface area contributed by atoms with Crippen molar-refractivity contribution < 1.29 is 9.90 Å². The summed E-state index contributed by atoms with van der Waals surface area (Å²) >= 11 is 0. The lowest BCUT2D eigenvalue weighted by Gasteiger charge is -2.35. The Bertz CT molecular complexity index is 536. The fraction of sp³-hybridized carbons (Fsp3) is 0.500. The highest BCUT2D eigenvalue weighted by Gasteiger charge is 2.30. The maximum Gasteiger partial charge on any atom is 0.308 e. The van der Waals surface area contributed by atoms with Gasteiger partial charge in [0.2, 0.25) is 0 Å². The molecule has 1 aromatic rings. The number of piperidine rings is 1. The molecule has 0 aliphatic carbocycles. The zero-order chi connectivity index (χ0) is 14.0. The lowest BCUT2D eigenvalue weighted by Crippen LogP contribution is -2.43. The molecular formula is C14H17N3O2. The van der Waals surface area contributed by atoms with Crippen LogP contribution in [0.3, 0.4) is 0 Å². The first-order valence-corrected chi connectivity index (χ1v) is 6.36. The van der Waals surface area contributed by atoms with Gasteiger partial charge in [-0.15, -0.1) is 0 Å². The Morgan fingerprint density at radius 3 is 2.89 bits per heavy atom. The predicted octanol–water partition coefficient (Wildman–Crippen LogP) is 1.81. The average Bonchev–Trinajstić information content (AvgIpc) is 2.37. The van der Waals surface area contributed by atoms with E-state index in [1.807, 2.05) is 18.7 Å². The number of rotatable bonds is 2. The van der Waals surface area contributed by atoms with Gasteiger partial charge in [0.15, 0.2) is 0 Å². The summed E-state index contributed by atoms with van der Waals surface area (Å²) in [6.07, 6.45) is 0.697. The molecule has 2 atom stereocenters. The van der Waals surface area contributed by atoms with Crippen molar-refractivity contribution in [3.63, 3.8) is 0 Å². The van der Waals surface area contributed by atoms with Crippen LogP contribution in [0.15, 0.2) is 12.1 Å². The van der Waals surface area contributed by atoms with E-state index in [-0.39, 0.29) is 5.92 Å². The quantitative estimate of drug-likeness (QED) is 0.876. The van der Waals surface area contributed by atoms with E-state index in [0.717, 1.165) is 12.2 Å². The first kappa shape index (κ1) is 13.3. The maximum absolute atomic E-state index is 11.2. The van der Waals surface area contributed by atoms with Crippen LogP contribution >= 0.6 is 0 Å². The molecule has 5 nitrogen and oxygen atoms in total. The SMILES string of the molecule is Cc1cc(C#N)cc(N2CC(C)CC(C(=O)O)C2)n1. The maximum atomic E-state index is 11.2. The number of carboxylic acid groups (broad SMARTS) is 1. The number of aliphatic carboxylic acids is 1. The minimum absolute atomic E-state index is 0.308. The van der Waals surface area contributed by atoms with E-state index in [1.165, 1.54) is 0 Å². The van der Waals surface area contributed by atoms with E-state index in [0.29, 0.717) is 30.3 Å². The molecule has 1 aliphatic heterocycles. The molecule has 0 saturated carbocycles. The van der Waals surface area contributed by atoms with Crippen molar-refractivity contribution in [3.05, 3.63) is 23.4 Å². The third-order valence-corrected chi connectivity index (χ3v) is 3.40. The van der Waals surface area contributed by atoms with Gasteiger partial charge in [0.25, 0.3) is 0 Å². The Morgan fingerprint density at radius 1 is 1.53 bits per heavy atom. The fourth-order valence-corrected chi connectivity index (χ4v) is 2.60. The monoisotopic (exact) mass is 259 g/mol. The van der Waals surface area contributed by atoms with Crippen LogP contribution in [-0.4, -0.2) is 29.1 Å². The second-order valence-corrected chi connectivity index (χ2v) is 5.25. The highest BCUT2D eigenvalue weighted by Crippen LogP contribution is 2.26. The third kappa shape index (κ3) is 3.02. The Balaban J connectivity index is 2.28. The number of hydrogen-bond acceptors (Lipinski definition) is 4. The molecule has 0 amide bonds. The number of carbonyl (C=O) groups is 1. The van der Waals surface area contributed by atoms with Gasteiger partial charge in [-0.1, -0.05) is 6.92 Å². The highest BCUT2D eigenvalue weighted by atomic mass is 16.4. The van der Waals surface area contributed by atoms with Gasteiger partial charge in [-0.2, -0.15) is 5.26 Å². The van der Waals surface area contributed by atoms with Crippen molar-refractivity contribution in [2.24, 2.45) is 11.8 Å². The number of nitriles is 1. The van der Waals surface area contributed by atoms with E-state index < -0.39 is 5.97 Å². The largest absolute Gasteiger partial charge is 0.481 e. The summed E-state index contributed by atoms with van der Waals surface area (Å²) in [4.78, 5) is 17.6. The Hall–Kier alpha value is -2.09. The van der Waals surface area contributed by atoms with Crippen LogP contribution in [0.1, 0.15) is 24.6 Å². The normalized spacial score (nSPS) is 22.9. The predicted molar refractivity (Wildman–Crippen MR) is 70.8 cm³/mol. The molecule has 5 heteroatoms. The van der Waals surface area contributed by atoms with Crippen LogP contribution in [0.2, 0.25) is 0 Å². The summed E-state index contributed by atoms with van der Waals surface area (Å²) in [6, 6.07) is 5.56. The van der Waals surface area contributed by atoms with Gasteiger partial charge in [-0.3, -0.25) is 4.79 Å². The topological polar surface area (TPSA) is 77.2 Å². The van der Waals surface area contributed by atoms with Crippen molar-refractivity contribution in [3.8, 4) is 6.07 Å². The zero-order valence-electron chi connectivity index (χ0n) is 11.1. The number of anilines is 1. The van der Waals surface area contributed by atoms with Gasteiger partial charge in [0.1, 0.15) is 5.82 Å². The Morgan fingerprint density at radius 2 is 2.26 bits per heavy atom. The molecular weight excluding hydrogens is 242 g/mol. The summed E-state index contributed by atoms with van der Waals surface area (Å²) in [5.41, 5.74) is 1.34. The van der Waals surface area contributed by atoms with Gasteiger partial charge < -0.3 is 10.0 Å². The average molecular weight is 259 g/mol. The van der Waals surface area contributed by atoms with E-state index in [4.69, 9.17) is 5.26 Å². The smallest absolute Gasteiger partial charge is 0.308 e. The molecule has 0 aromatic carbocycles. The minimum atomic E-state index is -0.760. The summed E-state index contributed by atoms with van der Waals surface area (Å²) in [7, 11) is 0. The van der Waals surface area contributed by atoms with Crippen LogP contribution in [0.5, 0.6) is 0 Å². The zero-order valence-corrected chi connectivity index (χ0v) is 11.1. The van der Waals surface area contributed by atoms with Crippen LogP contribution < -0.4 is 4.90 Å². The number of carboxylic acids is 1. The molecule has 19 heavy (non-hydrogen) atoms. The van der Waals surface area contributed by atoms with Crippen LogP contribution in [0, 0.1) is 30.1 Å². The Kier molecular flexibility index (Phi) is 3.70. The standard InChI is InChI=1S/C14H17N3O2/c1-9-3-12(14(18)19)8-17(7-9)13-5-11(6-15)4-10(2)16-13/h4-5,9,12H,3,7-8H2,1-2H3,(H,18,19). The van der Waals surface area contributed by atoms with E-state index in [2.05, 4.69) is 11.1 Å². The van der Waals surface area contributed by atoms with Crippen molar-refractivity contribution in [2.45, 2.75) is 20.3 Å². The molecule has 2 unspecified atom stereocenters. The van der Waals surface area contributed by atoms with Crippen LogP contribution in [0.4, 0.5) is 5.82 Å². The van der Waals surface area contributed by atoms with Crippen molar-refractivity contribution in [1.29, 1.82) is 5.26 Å². The molecule has 1 N–H and O–H groups in total.